The third kappa shape index (κ3) is 4.21. The van der Waals surface area contributed by atoms with Gasteiger partial charge >= 0.3 is 0 Å². The molecule has 0 saturated heterocycles. The Labute approximate surface area is 110 Å². The van der Waals surface area contributed by atoms with Crippen LogP contribution >= 0.6 is 23.3 Å². The summed E-state index contributed by atoms with van der Waals surface area (Å²) in [7, 11) is -3.33. The molecule has 0 fully saturated rings. The molecule has 0 amide bonds. The number of sulfone groups is 1. The van der Waals surface area contributed by atoms with Crippen molar-refractivity contribution in [3.63, 3.8) is 0 Å². The third-order valence-electron chi connectivity index (χ3n) is 1.81. The zero-order valence-electron chi connectivity index (χ0n) is 9.47. The molecule has 96 valence electrons. The standard InChI is InChI=1S/C9H15N3O2S3/c1-3-5-15-6-4-11-9-7(17(2,13)14)8(10)12-16-9/h3,11H,1,4-6H2,2H3,(H2,10,12). The van der Waals surface area contributed by atoms with Gasteiger partial charge < -0.3 is 11.1 Å². The van der Waals surface area contributed by atoms with Crippen LogP contribution in [0.3, 0.4) is 0 Å². The smallest absolute Gasteiger partial charge is 0.182 e. The maximum Gasteiger partial charge on any atom is 0.182 e. The molecule has 0 aromatic carbocycles. The predicted octanol–water partition coefficient (Wildman–Crippen LogP) is 1.46. The van der Waals surface area contributed by atoms with Crippen molar-refractivity contribution in [2.75, 3.05) is 35.4 Å². The molecule has 0 unspecified atom stereocenters. The first kappa shape index (κ1) is 14.3. The Kier molecular flexibility index (Phi) is 5.29. The number of nitrogens with two attached hydrogens (primary N) is 1. The van der Waals surface area contributed by atoms with Crippen molar-refractivity contribution in [1.29, 1.82) is 0 Å². The number of nitrogen functional groups attached to an aromatic ring is 1. The van der Waals surface area contributed by atoms with Crippen LogP contribution < -0.4 is 11.1 Å². The normalized spacial score (nSPS) is 11.4. The Morgan fingerprint density at radius 3 is 2.94 bits per heavy atom. The van der Waals surface area contributed by atoms with Crippen LogP contribution in [0.5, 0.6) is 0 Å². The molecule has 17 heavy (non-hydrogen) atoms. The Morgan fingerprint density at radius 1 is 1.65 bits per heavy atom. The molecule has 0 saturated carbocycles. The van der Waals surface area contributed by atoms with E-state index in [1.165, 1.54) is 0 Å². The minimum Gasteiger partial charge on any atom is -0.382 e. The van der Waals surface area contributed by atoms with Gasteiger partial charge in [-0.1, -0.05) is 6.08 Å². The van der Waals surface area contributed by atoms with Gasteiger partial charge in [-0.2, -0.15) is 16.1 Å². The van der Waals surface area contributed by atoms with Gasteiger partial charge in [0.25, 0.3) is 0 Å². The highest BCUT2D eigenvalue weighted by Gasteiger charge is 2.20. The lowest BCUT2D eigenvalue weighted by atomic mass is 10.6. The summed E-state index contributed by atoms with van der Waals surface area (Å²) in [5, 5.41) is 3.56. The average molecular weight is 293 g/mol. The molecule has 0 aliphatic heterocycles. The van der Waals surface area contributed by atoms with Crippen LogP contribution in [0.1, 0.15) is 0 Å². The van der Waals surface area contributed by atoms with Gasteiger partial charge in [0.15, 0.2) is 15.7 Å². The molecule has 1 aromatic rings. The highest BCUT2D eigenvalue weighted by atomic mass is 32.2. The number of aromatic nitrogens is 1. The molecule has 0 aliphatic carbocycles. The number of hydrogen-bond acceptors (Lipinski definition) is 7. The molecule has 1 heterocycles. The first-order valence-electron chi connectivity index (χ1n) is 4.84. The number of anilines is 2. The second-order valence-corrected chi connectivity index (χ2v) is 7.16. The second kappa shape index (κ2) is 6.27. The first-order valence-corrected chi connectivity index (χ1v) is 8.66. The molecular weight excluding hydrogens is 278 g/mol. The van der Waals surface area contributed by atoms with Gasteiger partial charge in [-0.3, -0.25) is 0 Å². The Hall–Kier alpha value is -0.730. The molecule has 0 bridgehead atoms. The summed E-state index contributed by atoms with van der Waals surface area (Å²) in [6.07, 6.45) is 2.96. The lowest BCUT2D eigenvalue weighted by molar-refractivity contribution is 0.602. The SMILES string of the molecule is C=CCSCCNc1snc(N)c1S(C)(=O)=O. The minimum atomic E-state index is -3.33. The van der Waals surface area contributed by atoms with E-state index in [2.05, 4.69) is 16.3 Å². The monoisotopic (exact) mass is 293 g/mol. The zero-order chi connectivity index (χ0) is 12.9. The van der Waals surface area contributed by atoms with Gasteiger partial charge in [0.2, 0.25) is 0 Å². The van der Waals surface area contributed by atoms with E-state index in [1.54, 1.807) is 11.8 Å². The largest absolute Gasteiger partial charge is 0.382 e. The van der Waals surface area contributed by atoms with Gasteiger partial charge in [-0.05, 0) is 11.5 Å². The van der Waals surface area contributed by atoms with E-state index in [-0.39, 0.29) is 10.7 Å². The first-order chi connectivity index (χ1) is 7.96. The van der Waals surface area contributed by atoms with Crippen LogP contribution in [-0.2, 0) is 9.84 Å². The van der Waals surface area contributed by atoms with E-state index in [4.69, 9.17) is 5.73 Å². The molecule has 0 radical (unpaired) electrons. The number of nitrogens with zero attached hydrogens (tertiary/aromatic N) is 1. The molecule has 3 N–H and O–H groups in total. The van der Waals surface area contributed by atoms with Crippen molar-refractivity contribution >= 4 is 44.0 Å². The Balaban J connectivity index is 2.63. The summed E-state index contributed by atoms with van der Waals surface area (Å²) in [5.41, 5.74) is 5.54. The fourth-order valence-electron chi connectivity index (χ4n) is 1.17. The fraction of sp³-hybridized carbons (Fsp3) is 0.444. The number of rotatable bonds is 7. The average Bonchev–Trinajstić information content (AvgIpc) is 2.59. The van der Waals surface area contributed by atoms with Crippen molar-refractivity contribution in [3.05, 3.63) is 12.7 Å². The summed E-state index contributed by atoms with van der Waals surface area (Å²) in [6.45, 7) is 4.29. The van der Waals surface area contributed by atoms with Crippen molar-refractivity contribution in [3.8, 4) is 0 Å². The molecular formula is C9H15N3O2S3. The Bertz CT molecular complexity index is 482. The lowest BCUT2D eigenvalue weighted by Gasteiger charge is -2.04. The summed E-state index contributed by atoms with van der Waals surface area (Å²) in [4.78, 5) is 0.108. The number of nitrogens with one attached hydrogen (secondary N) is 1. The van der Waals surface area contributed by atoms with E-state index >= 15 is 0 Å². The summed E-state index contributed by atoms with van der Waals surface area (Å²) in [6, 6.07) is 0. The van der Waals surface area contributed by atoms with E-state index in [9.17, 15) is 8.42 Å². The van der Waals surface area contributed by atoms with Crippen LogP contribution in [0.2, 0.25) is 0 Å². The predicted molar refractivity (Wildman–Crippen MR) is 75.6 cm³/mol. The number of hydrogen-bond donors (Lipinski definition) is 2. The van der Waals surface area contributed by atoms with Crippen LogP contribution in [0, 0.1) is 0 Å². The third-order valence-corrected chi connectivity index (χ3v) is 4.88. The van der Waals surface area contributed by atoms with Gasteiger partial charge in [-0.25, -0.2) is 8.42 Å². The van der Waals surface area contributed by atoms with E-state index in [0.29, 0.717) is 11.5 Å². The molecule has 0 spiro atoms. The minimum absolute atomic E-state index is 0.0683. The van der Waals surface area contributed by atoms with Crippen LogP contribution in [-0.4, -0.2) is 37.1 Å². The van der Waals surface area contributed by atoms with Gasteiger partial charge in [0, 0.05) is 24.3 Å². The summed E-state index contributed by atoms with van der Waals surface area (Å²) in [5.74, 6) is 1.82. The summed E-state index contributed by atoms with van der Waals surface area (Å²) >= 11 is 2.79. The van der Waals surface area contributed by atoms with Crippen LogP contribution in [0.4, 0.5) is 10.8 Å². The highest BCUT2D eigenvalue weighted by Crippen LogP contribution is 2.31. The number of thioether (sulfide) groups is 1. The molecule has 1 aromatic heterocycles. The second-order valence-electron chi connectivity index (χ2n) is 3.29. The lowest BCUT2D eigenvalue weighted by Crippen LogP contribution is -2.08. The maximum absolute atomic E-state index is 11.5. The molecule has 8 heteroatoms. The molecule has 0 aliphatic rings. The van der Waals surface area contributed by atoms with Gasteiger partial charge in [-0.15, -0.1) is 6.58 Å². The van der Waals surface area contributed by atoms with E-state index in [0.717, 1.165) is 29.3 Å². The highest BCUT2D eigenvalue weighted by molar-refractivity contribution is 7.99. The van der Waals surface area contributed by atoms with Crippen molar-refractivity contribution < 1.29 is 8.42 Å². The van der Waals surface area contributed by atoms with Crippen LogP contribution in [0.15, 0.2) is 17.6 Å². The quantitative estimate of drug-likeness (QED) is 0.585. The van der Waals surface area contributed by atoms with E-state index in [1.807, 2.05) is 6.08 Å². The maximum atomic E-state index is 11.5. The topological polar surface area (TPSA) is 85.1 Å². The molecule has 5 nitrogen and oxygen atoms in total. The van der Waals surface area contributed by atoms with E-state index < -0.39 is 9.84 Å². The molecule has 0 atom stereocenters. The van der Waals surface area contributed by atoms with Crippen molar-refractivity contribution in [1.82, 2.24) is 4.37 Å². The summed E-state index contributed by atoms with van der Waals surface area (Å²) < 4.78 is 26.9. The van der Waals surface area contributed by atoms with Crippen molar-refractivity contribution in [2.45, 2.75) is 4.90 Å². The zero-order valence-corrected chi connectivity index (χ0v) is 11.9. The van der Waals surface area contributed by atoms with Crippen LogP contribution in [0.25, 0.3) is 0 Å². The Morgan fingerprint density at radius 2 is 2.35 bits per heavy atom. The van der Waals surface area contributed by atoms with Crippen molar-refractivity contribution in [2.24, 2.45) is 0 Å². The van der Waals surface area contributed by atoms with Gasteiger partial charge in [0.1, 0.15) is 9.90 Å². The molecule has 1 rings (SSSR count). The van der Waals surface area contributed by atoms with Gasteiger partial charge in [0.05, 0.1) is 0 Å². The fourth-order valence-corrected chi connectivity index (χ4v) is 3.84.